The number of carbonyl (C=O) groups is 1. The number of nitriles is 1. The van der Waals surface area contributed by atoms with Crippen LogP contribution in [0.15, 0.2) is 48.0 Å². The number of benzene rings is 2. The number of nitrogens with zero attached hydrogens (tertiary/aromatic N) is 1. The Labute approximate surface area is 163 Å². The van der Waals surface area contributed by atoms with E-state index in [0.717, 1.165) is 11.3 Å². The van der Waals surface area contributed by atoms with Crippen LogP contribution in [0.4, 0.5) is 5.69 Å². The second-order valence-electron chi connectivity index (χ2n) is 5.60. The molecule has 0 bridgehead atoms. The largest absolute Gasteiger partial charge is 0.493 e. The highest BCUT2D eigenvalue weighted by Gasteiger charge is 2.10. The van der Waals surface area contributed by atoms with Gasteiger partial charge in [0.1, 0.15) is 11.1 Å². The minimum atomic E-state index is -0.282. The van der Waals surface area contributed by atoms with E-state index in [1.165, 1.54) is 7.11 Å². The second kappa shape index (κ2) is 9.36. The predicted molar refractivity (Wildman–Crippen MR) is 109 cm³/mol. The Balaban J connectivity index is 2.08. The van der Waals surface area contributed by atoms with E-state index >= 15 is 0 Å². The maximum absolute atomic E-state index is 12.1. The van der Waals surface area contributed by atoms with Crippen molar-refractivity contribution in [3.8, 4) is 17.6 Å². The molecule has 2 aromatic carbocycles. The van der Waals surface area contributed by atoms with E-state index in [9.17, 15) is 4.79 Å². The van der Waals surface area contributed by atoms with Gasteiger partial charge < -0.3 is 20.5 Å². The SMILES string of the molecule is COc1cc(C=C(C#N)C(N)=S)ccc1OCC(=O)Nc1ccccc1C. The molecule has 0 spiro atoms. The molecule has 0 unspecified atom stereocenters. The summed E-state index contributed by atoms with van der Waals surface area (Å²) >= 11 is 4.82. The first-order valence-corrected chi connectivity index (χ1v) is 8.43. The average Bonchev–Trinajstić information content (AvgIpc) is 2.66. The second-order valence-corrected chi connectivity index (χ2v) is 6.04. The first-order valence-electron chi connectivity index (χ1n) is 8.02. The summed E-state index contributed by atoms with van der Waals surface area (Å²) in [6, 6.07) is 14.5. The zero-order chi connectivity index (χ0) is 19.8. The maximum atomic E-state index is 12.1. The van der Waals surface area contributed by atoms with Gasteiger partial charge in [-0.25, -0.2) is 0 Å². The number of hydrogen-bond acceptors (Lipinski definition) is 5. The first-order chi connectivity index (χ1) is 12.9. The smallest absolute Gasteiger partial charge is 0.262 e. The summed E-state index contributed by atoms with van der Waals surface area (Å²) in [7, 11) is 1.49. The van der Waals surface area contributed by atoms with Gasteiger partial charge in [-0.3, -0.25) is 4.79 Å². The van der Waals surface area contributed by atoms with E-state index in [1.54, 1.807) is 24.3 Å². The van der Waals surface area contributed by atoms with E-state index in [0.29, 0.717) is 17.1 Å². The summed E-state index contributed by atoms with van der Waals surface area (Å²) < 4.78 is 10.9. The molecule has 138 valence electrons. The standard InChI is InChI=1S/C20H19N3O3S/c1-13-5-3-4-6-16(13)23-19(24)12-26-17-8-7-14(10-18(17)25-2)9-15(11-21)20(22)27/h3-10H,12H2,1-2H3,(H2,22,27)(H,23,24). The summed E-state index contributed by atoms with van der Waals surface area (Å²) in [5.41, 5.74) is 8.06. The molecule has 0 saturated heterocycles. The fraction of sp³-hybridized carbons (Fsp3) is 0.150. The minimum absolute atomic E-state index is 0.0182. The molecule has 1 amide bonds. The molecule has 0 atom stereocenters. The molecular formula is C20H19N3O3S. The van der Waals surface area contributed by atoms with Crippen LogP contribution in [0.2, 0.25) is 0 Å². The number of ether oxygens (including phenoxy) is 2. The van der Waals surface area contributed by atoms with E-state index in [1.807, 2.05) is 37.3 Å². The number of amides is 1. The molecule has 0 fully saturated rings. The lowest BCUT2D eigenvalue weighted by atomic mass is 10.1. The zero-order valence-electron chi connectivity index (χ0n) is 15.0. The Kier molecular flexibility index (Phi) is 6.92. The number of nitrogens with one attached hydrogen (secondary N) is 1. The van der Waals surface area contributed by atoms with Gasteiger partial charge in [-0.05, 0) is 42.3 Å². The van der Waals surface area contributed by atoms with Crippen LogP contribution in [0.3, 0.4) is 0 Å². The minimum Gasteiger partial charge on any atom is -0.493 e. The van der Waals surface area contributed by atoms with Gasteiger partial charge in [0.2, 0.25) is 0 Å². The molecule has 0 saturated carbocycles. The van der Waals surface area contributed by atoms with Crippen LogP contribution in [0.1, 0.15) is 11.1 Å². The zero-order valence-corrected chi connectivity index (χ0v) is 15.8. The molecule has 2 rings (SSSR count). The summed E-state index contributed by atoms with van der Waals surface area (Å²) in [5.74, 6) is 0.548. The van der Waals surface area contributed by atoms with E-state index in [2.05, 4.69) is 5.32 Å². The van der Waals surface area contributed by atoms with E-state index in [-0.39, 0.29) is 23.1 Å². The average molecular weight is 381 g/mol. The summed E-state index contributed by atoms with van der Waals surface area (Å²) in [4.78, 5) is 12.1. The molecule has 0 aliphatic heterocycles. The van der Waals surface area contributed by atoms with Crippen molar-refractivity contribution in [2.75, 3.05) is 19.0 Å². The van der Waals surface area contributed by atoms with Crippen LogP contribution >= 0.6 is 12.2 Å². The van der Waals surface area contributed by atoms with Crippen molar-refractivity contribution in [1.29, 1.82) is 5.26 Å². The maximum Gasteiger partial charge on any atom is 0.262 e. The number of aryl methyl sites for hydroxylation is 1. The van der Waals surface area contributed by atoms with Gasteiger partial charge >= 0.3 is 0 Å². The Morgan fingerprint density at radius 1 is 1.30 bits per heavy atom. The molecule has 3 N–H and O–H groups in total. The van der Waals surface area contributed by atoms with Crippen molar-refractivity contribution in [3.05, 3.63) is 59.2 Å². The third kappa shape index (κ3) is 5.56. The normalized spacial score (nSPS) is 10.6. The summed E-state index contributed by atoms with van der Waals surface area (Å²) in [6.07, 6.45) is 1.56. The molecule has 0 radical (unpaired) electrons. The fourth-order valence-electron chi connectivity index (χ4n) is 2.26. The molecule has 7 heteroatoms. The topological polar surface area (TPSA) is 97.4 Å². The number of para-hydroxylation sites is 1. The molecule has 27 heavy (non-hydrogen) atoms. The first kappa shape index (κ1) is 19.9. The molecule has 6 nitrogen and oxygen atoms in total. The van der Waals surface area contributed by atoms with Crippen LogP contribution in [-0.2, 0) is 4.79 Å². The third-order valence-electron chi connectivity index (χ3n) is 3.66. The molecular weight excluding hydrogens is 362 g/mol. The van der Waals surface area contributed by atoms with Crippen LogP contribution < -0.4 is 20.5 Å². The number of hydrogen-bond donors (Lipinski definition) is 2. The molecule has 0 heterocycles. The number of thiocarbonyl (C=S) groups is 1. The lowest BCUT2D eigenvalue weighted by molar-refractivity contribution is -0.118. The number of rotatable bonds is 7. The highest BCUT2D eigenvalue weighted by atomic mass is 32.1. The van der Waals surface area contributed by atoms with Gasteiger partial charge in [0, 0.05) is 5.69 Å². The summed E-state index contributed by atoms with van der Waals surface area (Å²) in [5, 5.41) is 11.8. The quantitative estimate of drug-likeness (QED) is 0.434. The van der Waals surface area contributed by atoms with Crippen molar-refractivity contribution in [2.24, 2.45) is 5.73 Å². The monoisotopic (exact) mass is 381 g/mol. The van der Waals surface area contributed by atoms with Crippen molar-refractivity contribution in [1.82, 2.24) is 0 Å². The van der Waals surface area contributed by atoms with E-state index < -0.39 is 0 Å². The number of methoxy groups -OCH3 is 1. The van der Waals surface area contributed by atoms with Crippen molar-refractivity contribution >= 4 is 34.9 Å². The van der Waals surface area contributed by atoms with Crippen LogP contribution in [-0.4, -0.2) is 24.6 Å². The van der Waals surface area contributed by atoms with Gasteiger partial charge in [0.05, 0.1) is 12.7 Å². The Bertz CT molecular complexity index is 932. The summed E-state index contributed by atoms with van der Waals surface area (Å²) in [6.45, 7) is 1.74. The van der Waals surface area contributed by atoms with Crippen LogP contribution in [0, 0.1) is 18.3 Å². The number of anilines is 1. The molecule has 0 aliphatic carbocycles. The fourth-order valence-corrected chi connectivity index (χ4v) is 2.37. The lowest BCUT2D eigenvalue weighted by Gasteiger charge is -2.12. The Hall–Kier alpha value is -3.37. The molecule has 0 aromatic heterocycles. The van der Waals surface area contributed by atoms with Gasteiger partial charge in [0.15, 0.2) is 18.1 Å². The van der Waals surface area contributed by atoms with Crippen LogP contribution in [0.5, 0.6) is 11.5 Å². The van der Waals surface area contributed by atoms with Gasteiger partial charge in [-0.2, -0.15) is 5.26 Å². The number of nitrogens with two attached hydrogens (primary N) is 1. The van der Waals surface area contributed by atoms with E-state index in [4.69, 9.17) is 32.7 Å². The molecule has 2 aromatic rings. The number of carbonyl (C=O) groups excluding carboxylic acids is 1. The molecule has 0 aliphatic rings. The predicted octanol–water partition coefficient (Wildman–Crippen LogP) is 3.21. The third-order valence-corrected chi connectivity index (χ3v) is 3.88. The highest BCUT2D eigenvalue weighted by Crippen LogP contribution is 2.29. The Morgan fingerprint density at radius 3 is 2.67 bits per heavy atom. The van der Waals surface area contributed by atoms with Crippen LogP contribution in [0.25, 0.3) is 6.08 Å². The Morgan fingerprint density at radius 2 is 2.04 bits per heavy atom. The van der Waals surface area contributed by atoms with Crippen molar-refractivity contribution < 1.29 is 14.3 Å². The highest BCUT2D eigenvalue weighted by molar-refractivity contribution is 7.80. The van der Waals surface area contributed by atoms with Gasteiger partial charge in [-0.1, -0.05) is 36.5 Å². The lowest BCUT2D eigenvalue weighted by Crippen LogP contribution is -2.20. The van der Waals surface area contributed by atoms with Crippen molar-refractivity contribution in [2.45, 2.75) is 6.92 Å². The van der Waals surface area contributed by atoms with Gasteiger partial charge in [-0.15, -0.1) is 0 Å². The van der Waals surface area contributed by atoms with Crippen molar-refractivity contribution in [3.63, 3.8) is 0 Å². The van der Waals surface area contributed by atoms with Gasteiger partial charge in [0.25, 0.3) is 5.91 Å².